The number of carbonyl (C=O) groups is 2. The Bertz CT molecular complexity index is 503. The van der Waals surface area contributed by atoms with E-state index in [1.54, 1.807) is 32.0 Å². The van der Waals surface area contributed by atoms with Crippen LogP contribution in [0.5, 0.6) is 5.75 Å². The number of benzene rings is 1. The van der Waals surface area contributed by atoms with E-state index >= 15 is 0 Å². The van der Waals surface area contributed by atoms with Crippen molar-refractivity contribution in [2.45, 2.75) is 13.8 Å². The number of ether oxygens (including phenoxy) is 1. The topological polar surface area (TPSA) is 55.4 Å². The molecule has 0 saturated carbocycles. The van der Waals surface area contributed by atoms with E-state index in [0.29, 0.717) is 28.3 Å². The van der Waals surface area contributed by atoms with Crippen LogP contribution < -0.4 is 10.1 Å². The van der Waals surface area contributed by atoms with Gasteiger partial charge < -0.3 is 10.1 Å². The quantitative estimate of drug-likeness (QED) is 0.733. The fraction of sp³-hybridized carbons (Fsp3) is 0.167. The maximum Gasteiger partial charge on any atom is 0.254 e. The molecule has 1 aromatic carbocycles. The van der Waals surface area contributed by atoms with E-state index in [0.717, 1.165) is 6.29 Å². The Morgan fingerprint density at radius 3 is 2.75 bits per heavy atom. The van der Waals surface area contributed by atoms with Crippen LogP contribution in [-0.2, 0) is 4.79 Å². The predicted octanol–water partition coefficient (Wildman–Crippen LogP) is 2.12. The summed E-state index contributed by atoms with van der Waals surface area (Å²) >= 11 is 0. The molecule has 16 heavy (non-hydrogen) atoms. The summed E-state index contributed by atoms with van der Waals surface area (Å²) in [6, 6.07) is 4.90. The third kappa shape index (κ3) is 1.69. The Balaban J connectivity index is 2.50. The molecule has 1 amide bonds. The molecule has 4 nitrogen and oxygen atoms in total. The first-order chi connectivity index (χ1) is 7.61. The molecule has 1 N–H and O–H groups in total. The second-order valence-corrected chi connectivity index (χ2v) is 3.61. The van der Waals surface area contributed by atoms with Gasteiger partial charge in [-0.25, -0.2) is 0 Å². The Labute approximate surface area is 92.9 Å². The lowest BCUT2D eigenvalue weighted by atomic mass is 10.2. The molecule has 0 radical (unpaired) electrons. The number of allylic oxidation sites excluding steroid dienone is 1. The molecule has 82 valence electrons. The van der Waals surface area contributed by atoms with E-state index in [1.807, 2.05) is 0 Å². The first kappa shape index (κ1) is 10.4. The van der Waals surface area contributed by atoms with Crippen molar-refractivity contribution >= 4 is 17.9 Å². The number of anilines is 1. The Hall–Kier alpha value is -2.10. The number of hydrogen-bond acceptors (Lipinski definition) is 3. The maximum atomic E-state index is 11.6. The van der Waals surface area contributed by atoms with Crippen molar-refractivity contribution in [3.8, 4) is 5.75 Å². The van der Waals surface area contributed by atoms with Crippen LogP contribution in [0.3, 0.4) is 0 Å². The van der Waals surface area contributed by atoms with Gasteiger partial charge in [-0.15, -0.1) is 0 Å². The van der Waals surface area contributed by atoms with Gasteiger partial charge >= 0.3 is 0 Å². The molecule has 4 heteroatoms. The van der Waals surface area contributed by atoms with Crippen molar-refractivity contribution in [2.75, 3.05) is 5.32 Å². The highest BCUT2D eigenvalue weighted by Gasteiger charge is 2.18. The van der Waals surface area contributed by atoms with Gasteiger partial charge in [0.15, 0.2) is 0 Å². The molecule has 0 spiro atoms. The van der Waals surface area contributed by atoms with Crippen LogP contribution >= 0.6 is 0 Å². The lowest BCUT2D eigenvalue weighted by molar-refractivity contribution is -0.112. The van der Waals surface area contributed by atoms with Crippen LogP contribution in [0.4, 0.5) is 5.69 Å². The van der Waals surface area contributed by atoms with Crippen LogP contribution in [0.15, 0.2) is 29.5 Å². The van der Waals surface area contributed by atoms with Crippen LogP contribution in [0.1, 0.15) is 24.2 Å². The third-order valence-corrected chi connectivity index (χ3v) is 2.52. The minimum Gasteiger partial charge on any atom is -0.459 e. The van der Waals surface area contributed by atoms with Gasteiger partial charge in [0.1, 0.15) is 17.8 Å². The molecule has 1 aliphatic heterocycles. The van der Waals surface area contributed by atoms with Gasteiger partial charge in [-0.05, 0) is 32.0 Å². The lowest BCUT2D eigenvalue weighted by Crippen LogP contribution is -2.12. The molecule has 0 bridgehead atoms. The first-order valence-electron chi connectivity index (χ1n) is 4.87. The number of hydrogen-bond donors (Lipinski definition) is 1. The predicted molar refractivity (Wildman–Crippen MR) is 59.5 cm³/mol. The van der Waals surface area contributed by atoms with Gasteiger partial charge in [0.2, 0.25) is 0 Å². The summed E-state index contributed by atoms with van der Waals surface area (Å²) in [5, 5.41) is 2.70. The van der Waals surface area contributed by atoms with Gasteiger partial charge in [0, 0.05) is 5.56 Å². The molecule has 0 fully saturated rings. The summed E-state index contributed by atoms with van der Waals surface area (Å²) in [4.78, 5) is 22.3. The SMILES string of the molecule is CC1=C(C)C(=O)Nc2cc(C=O)ccc2O1. The average Bonchev–Trinajstić information content (AvgIpc) is 2.38. The number of fused-ring (bicyclic) bond motifs is 1. The van der Waals surface area contributed by atoms with Crippen molar-refractivity contribution in [1.29, 1.82) is 0 Å². The van der Waals surface area contributed by atoms with E-state index in [-0.39, 0.29) is 5.91 Å². The molecule has 0 unspecified atom stereocenters. The van der Waals surface area contributed by atoms with Crippen LogP contribution in [-0.4, -0.2) is 12.2 Å². The Morgan fingerprint density at radius 2 is 2.06 bits per heavy atom. The number of aldehydes is 1. The van der Waals surface area contributed by atoms with Crippen molar-refractivity contribution in [2.24, 2.45) is 0 Å². The molecule has 2 rings (SSSR count). The van der Waals surface area contributed by atoms with Crippen molar-refractivity contribution in [3.05, 3.63) is 35.1 Å². The van der Waals surface area contributed by atoms with Crippen molar-refractivity contribution < 1.29 is 14.3 Å². The van der Waals surface area contributed by atoms with Gasteiger partial charge in [0.05, 0.1) is 11.3 Å². The lowest BCUT2D eigenvalue weighted by Gasteiger charge is -2.07. The summed E-state index contributed by atoms with van der Waals surface area (Å²) in [7, 11) is 0. The molecule has 0 atom stereocenters. The minimum atomic E-state index is -0.209. The normalized spacial score (nSPS) is 14.8. The fourth-order valence-electron chi connectivity index (χ4n) is 1.43. The summed E-state index contributed by atoms with van der Waals surface area (Å²) in [6.07, 6.45) is 0.727. The second kappa shape index (κ2) is 3.81. The van der Waals surface area contributed by atoms with Gasteiger partial charge in [0.25, 0.3) is 5.91 Å². The molecular formula is C12H11NO3. The zero-order valence-electron chi connectivity index (χ0n) is 9.03. The van der Waals surface area contributed by atoms with Crippen LogP contribution in [0.2, 0.25) is 0 Å². The van der Waals surface area contributed by atoms with E-state index in [4.69, 9.17) is 4.74 Å². The fourth-order valence-corrected chi connectivity index (χ4v) is 1.43. The molecule has 1 aromatic rings. The summed E-state index contributed by atoms with van der Waals surface area (Å²) < 4.78 is 5.52. The molecule has 1 heterocycles. The van der Waals surface area contributed by atoms with E-state index in [2.05, 4.69) is 5.32 Å². The van der Waals surface area contributed by atoms with Crippen LogP contribution in [0.25, 0.3) is 0 Å². The summed E-state index contributed by atoms with van der Waals surface area (Å²) in [5.41, 5.74) is 1.55. The highest BCUT2D eigenvalue weighted by Crippen LogP contribution is 2.30. The minimum absolute atomic E-state index is 0.209. The zero-order valence-corrected chi connectivity index (χ0v) is 9.03. The number of rotatable bonds is 1. The standard InChI is InChI=1S/C12H11NO3/c1-7-8(2)16-11-4-3-9(6-14)5-10(11)13-12(7)15/h3-6H,1-2H3,(H,13,15). The Kier molecular flexibility index (Phi) is 2.48. The van der Waals surface area contributed by atoms with Crippen LogP contribution in [0, 0.1) is 0 Å². The zero-order chi connectivity index (χ0) is 11.7. The second-order valence-electron chi connectivity index (χ2n) is 3.61. The Morgan fingerprint density at radius 1 is 1.31 bits per heavy atom. The van der Waals surface area contributed by atoms with Crippen molar-refractivity contribution in [3.63, 3.8) is 0 Å². The molecule has 0 saturated heterocycles. The highest BCUT2D eigenvalue weighted by molar-refractivity contribution is 6.05. The first-order valence-corrected chi connectivity index (χ1v) is 4.87. The maximum absolute atomic E-state index is 11.6. The average molecular weight is 217 g/mol. The van der Waals surface area contributed by atoms with Gasteiger partial charge in [-0.3, -0.25) is 9.59 Å². The summed E-state index contributed by atoms with van der Waals surface area (Å²) in [6.45, 7) is 3.43. The smallest absolute Gasteiger partial charge is 0.254 e. The van der Waals surface area contributed by atoms with E-state index in [9.17, 15) is 9.59 Å². The molecular weight excluding hydrogens is 206 g/mol. The third-order valence-electron chi connectivity index (χ3n) is 2.52. The molecule has 0 aliphatic carbocycles. The monoisotopic (exact) mass is 217 g/mol. The molecule has 1 aliphatic rings. The van der Waals surface area contributed by atoms with Gasteiger partial charge in [-0.1, -0.05) is 0 Å². The van der Waals surface area contributed by atoms with Gasteiger partial charge in [-0.2, -0.15) is 0 Å². The van der Waals surface area contributed by atoms with Crippen molar-refractivity contribution in [1.82, 2.24) is 0 Å². The van der Waals surface area contributed by atoms with E-state index < -0.39 is 0 Å². The molecule has 0 aromatic heterocycles. The number of nitrogens with one attached hydrogen (secondary N) is 1. The summed E-state index contributed by atoms with van der Waals surface area (Å²) in [5.74, 6) is 0.905. The largest absolute Gasteiger partial charge is 0.459 e. The number of carbonyl (C=O) groups excluding carboxylic acids is 2. The van der Waals surface area contributed by atoms with E-state index in [1.165, 1.54) is 0 Å². The number of amides is 1. The highest BCUT2D eigenvalue weighted by atomic mass is 16.5.